The Kier molecular flexibility index (Phi) is 5.80. The Morgan fingerprint density at radius 2 is 2.12 bits per heavy atom. The van der Waals surface area contributed by atoms with E-state index in [0.29, 0.717) is 6.04 Å². The molecule has 1 unspecified atom stereocenters. The highest BCUT2D eigenvalue weighted by atomic mass is 14.9. The Bertz CT molecular complexity index is 387. The molecule has 1 aromatic rings. The minimum absolute atomic E-state index is 0.531. The van der Waals surface area contributed by atoms with Gasteiger partial charge in [-0.25, -0.2) is 0 Å². The molecular weight excluding hydrogens is 206 g/mol. The molecule has 0 aliphatic rings. The van der Waals surface area contributed by atoms with Crippen molar-refractivity contribution in [2.24, 2.45) is 0 Å². The fourth-order valence-corrected chi connectivity index (χ4v) is 2.08. The largest absolute Gasteiger partial charge is 0.317 e. The van der Waals surface area contributed by atoms with Gasteiger partial charge in [-0.2, -0.15) is 0 Å². The van der Waals surface area contributed by atoms with E-state index in [2.05, 4.69) is 43.3 Å². The number of nitrogens with one attached hydrogen (secondary N) is 1. The third-order valence-corrected chi connectivity index (χ3v) is 3.25. The highest BCUT2D eigenvalue weighted by Gasteiger charge is 2.08. The molecule has 1 N–H and O–H groups in total. The minimum atomic E-state index is 0.531. The van der Waals surface area contributed by atoms with Crippen LogP contribution in [0.4, 0.5) is 0 Å². The quantitative estimate of drug-likeness (QED) is 0.583. The van der Waals surface area contributed by atoms with Gasteiger partial charge in [-0.15, -0.1) is 12.3 Å². The van der Waals surface area contributed by atoms with E-state index in [-0.39, 0.29) is 0 Å². The van der Waals surface area contributed by atoms with Crippen molar-refractivity contribution in [3.05, 3.63) is 34.9 Å². The molecule has 0 saturated carbocycles. The Hall–Kier alpha value is -1.26. The fraction of sp³-hybridized carbons (Fsp3) is 0.500. The van der Waals surface area contributed by atoms with E-state index in [1.165, 1.54) is 16.7 Å². The molecule has 0 radical (unpaired) electrons. The molecule has 0 saturated heterocycles. The van der Waals surface area contributed by atoms with Gasteiger partial charge in [0, 0.05) is 12.5 Å². The second-order valence-corrected chi connectivity index (χ2v) is 4.72. The molecule has 0 amide bonds. The third kappa shape index (κ3) is 4.63. The van der Waals surface area contributed by atoms with Gasteiger partial charge in [0.15, 0.2) is 0 Å². The number of aryl methyl sites for hydroxylation is 2. The van der Waals surface area contributed by atoms with Crippen LogP contribution in [0.2, 0.25) is 0 Å². The van der Waals surface area contributed by atoms with Crippen LogP contribution >= 0.6 is 0 Å². The van der Waals surface area contributed by atoms with Gasteiger partial charge in [0.2, 0.25) is 0 Å². The summed E-state index contributed by atoms with van der Waals surface area (Å²) in [6, 6.07) is 7.20. The molecule has 1 aromatic carbocycles. The first kappa shape index (κ1) is 13.8. The second kappa shape index (κ2) is 7.14. The van der Waals surface area contributed by atoms with Crippen molar-refractivity contribution in [1.29, 1.82) is 0 Å². The second-order valence-electron chi connectivity index (χ2n) is 4.72. The van der Waals surface area contributed by atoms with Crippen LogP contribution in [-0.4, -0.2) is 13.1 Å². The lowest BCUT2D eigenvalue weighted by atomic mass is 9.96. The first-order valence-electron chi connectivity index (χ1n) is 6.34. The summed E-state index contributed by atoms with van der Waals surface area (Å²) in [5.41, 5.74) is 4.17. The Labute approximate surface area is 106 Å². The van der Waals surface area contributed by atoms with Crippen molar-refractivity contribution >= 4 is 0 Å². The lowest BCUT2D eigenvalue weighted by Crippen LogP contribution is -2.27. The third-order valence-electron chi connectivity index (χ3n) is 3.25. The molecule has 92 valence electrons. The Morgan fingerprint density at radius 1 is 1.35 bits per heavy atom. The minimum Gasteiger partial charge on any atom is -0.317 e. The van der Waals surface area contributed by atoms with E-state index in [0.717, 1.165) is 25.7 Å². The monoisotopic (exact) mass is 229 g/mol. The number of unbranched alkanes of at least 4 members (excludes halogenated alkanes) is 1. The van der Waals surface area contributed by atoms with Crippen LogP contribution < -0.4 is 5.32 Å². The molecule has 1 rings (SSSR count). The van der Waals surface area contributed by atoms with Crippen LogP contribution in [0.15, 0.2) is 18.2 Å². The molecule has 0 fully saturated rings. The maximum absolute atomic E-state index is 5.28. The van der Waals surface area contributed by atoms with Crippen LogP contribution in [0, 0.1) is 26.2 Å². The molecule has 1 atom stereocenters. The normalized spacial score (nSPS) is 12.1. The molecule has 0 spiro atoms. The number of hydrogen-bond donors (Lipinski definition) is 1. The van der Waals surface area contributed by atoms with Crippen molar-refractivity contribution in [3.8, 4) is 12.3 Å². The lowest BCUT2D eigenvalue weighted by molar-refractivity contribution is 0.505. The molecule has 0 aromatic heterocycles. The van der Waals surface area contributed by atoms with Crippen LogP contribution in [0.3, 0.4) is 0 Å². The number of hydrogen-bond acceptors (Lipinski definition) is 1. The van der Waals surface area contributed by atoms with Crippen LogP contribution in [0.5, 0.6) is 0 Å². The van der Waals surface area contributed by atoms with Gasteiger partial charge in [0.1, 0.15) is 0 Å². The molecule has 1 heteroatoms. The number of terminal acetylenes is 1. The summed E-state index contributed by atoms with van der Waals surface area (Å²) in [6.07, 6.45) is 9.51. The summed E-state index contributed by atoms with van der Waals surface area (Å²) in [5, 5.41) is 3.39. The van der Waals surface area contributed by atoms with Crippen LogP contribution in [0.1, 0.15) is 36.0 Å². The zero-order valence-corrected chi connectivity index (χ0v) is 11.2. The van der Waals surface area contributed by atoms with Gasteiger partial charge < -0.3 is 5.32 Å². The van der Waals surface area contributed by atoms with Crippen molar-refractivity contribution in [2.75, 3.05) is 7.05 Å². The Morgan fingerprint density at radius 3 is 2.76 bits per heavy atom. The first-order chi connectivity index (χ1) is 8.17. The smallest absolute Gasteiger partial charge is 0.0105 e. The first-order valence-corrected chi connectivity index (χ1v) is 6.34. The molecule has 1 nitrogen and oxygen atoms in total. The van der Waals surface area contributed by atoms with E-state index >= 15 is 0 Å². The van der Waals surface area contributed by atoms with Crippen molar-refractivity contribution < 1.29 is 0 Å². The topological polar surface area (TPSA) is 12.0 Å². The van der Waals surface area contributed by atoms with Crippen molar-refractivity contribution in [3.63, 3.8) is 0 Å². The summed E-state index contributed by atoms with van der Waals surface area (Å²) in [4.78, 5) is 0. The zero-order valence-electron chi connectivity index (χ0n) is 11.2. The lowest BCUT2D eigenvalue weighted by Gasteiger charge is -2.17. The summed E-state index contributed by atoms with van der Waals surface area (Å²) < 4.78 is 0. The molecule has 0 bridgehead atoms. The van der Waals surface area contributed by atoms with E-state index < -0.39 is 0 Å². The molecule has 0 aliphatic carbocycles. The predicted molar refractivity (Wildman–Crippen MR) is 75.2 cm³/mol. The number of likely N-dealkylation sites (N-methyl/N-ethyl adjacent to an activating group) is 1. The molecule has 0 aliphatic heterocycles. The molecular formula is C16H23N. The van der Waals surface area contributed by atoms with E-state index in [4.69, 9.17) is 6.42 Å². The highest BCUT2D eigenvalue weighted by molar-refractivity contribution is 5.31. The number of rotatable bonds is 6. The van der Waals surface area contributed by atoms with Gasteiger partial charge in [0.05, 0.1) is 0 Å². The van der Waals surface area contributed by atoms with Crippen molar-refractivity contribution in [2.45, 2.75) is 45.6 Å². The van der Waals surface area contributed by atoms with E-state index in [1.54, 1.807) is 0 Å². The summed E-state index contributed by atoms with van der Waals surface area (Å²) in [7, 11) is 2.03. The zero-order chi connectivity index (χ0) is 12.7. The average molecular weight is 229 g/mol. The SMILES string of the molecule is C#CCCCC(Cc1cc(C)ccc1C)NC. The maximum atomic E-state index is 5.28. The van der Waals surface area contributed by atoms with Gasteiger partial charge >= 0.3 is 0 Å². The summed E-state index contributed by atoms with van der Waals surface area (Å²) in [6.45, 7) is 4.33. The average Bonchev–Trinajstić information content (AvgIpc) is 2.32. The fourth-order valence-electron chi connectivity index (χ4n) is 2.08. The Balaban J connectivity index is 2.60. The summed E-state index contributed by atoms with van der Waals surface area (Å²) >= 11 is 0. The maximum Gasteiger partial charge on any atom is 0.0105 e. The number of benzene rings is 1. The van der Waals surface area contributed by atoms with Crippen molar-refractivity contribution in [1.82, 2.24) is 5.32 Å². The van der Waals surface area contributed by atoms with E-state index in [9.17, 15) is 0 Å². The van der Waals surface area contributed by atoms with Gasteiger partial charge in [0.25, 0.3) is 0 Å². The van der Waals surface area contributed by atoms with E-state index in [1.807, 2.05) is 7.05 Å². The summed E-state index contributed by atoms with van der Waals surface area (Å²) in [5.74, 6) is 2.70. The molecule has 0 heterocycles. The van der Waals surface area contributed by atoms with Gasteiger partial charge in [-0.3, -0.25) is 0 Å². The standard InChI is InChI=1S/C16H23N/c1-5-6-7-8-16(17-4)12-15-11-13(2)9-10-14(15)3/h1,9-11,16-17H,6-8,12H2,2-4H3. The highest BCUT2D eigenvalue weighted by Crippen LogP contribution is 2.15. The van der Waals surface area contributed by atoms with Gasteiger partial charge in [-0.05, 0) is 51.3 Å². The van der Waals surface area contributed by atoms with Gasteiger partial charge in [-0.1, -0.05) is 23.8 Å². The molecule has 17 heavy (non-hydrogen) atoms. The predicted octanol–water partition coefficient (Wildman–Crippen LogP) is 3.24. The van der Waals surface area contributed by atoms with Crippen LogP contribution in [-0.2, 0) is 6.42 Å². The van der Waals surface area contributed by atoms with Crippen LogP contribution in [0.25, 0.3) is 0 Å².